The van der Waals surface area contributed by atoms with Crippen molar-refractivity contribution in [3.05, 3.63) is 66.1 Å². The second-order valence-corrected chi connectivity index (χ2v) is 7.20. The Bertz CT molecular complexity index is 1100. The Balaban J connectivity index is 1.32. The number of urea groups is 1. The molecule has 2 aromatic carbocycles. The van der Waals surface area contributed by atoms with E-state index >= 15 is 0 Å². The van der Waals surface area contributed by atoms with Crippen molar-refractivity contribution in [1.29, 1.82) is 0 Å². The number of amides is 4. The number of carbonyl (C=O) groups is 3. The molecule has 1 saturated heterocycles. The molecule has 1 atom stereocenters. The highest BCUT2D eigenvalue weighted by Crippen LogP contribution is 2.21. The van der Waals surface area contributed by atoms with Crippen LogP contribution in [-0.4, -0.2) is 40.3 Å². The molecule has 1 aliphatic rings. The summed E-state index contributed by atoms with van der Waals surface area (Å²) >= 11 is 0. The second-order valence-electron chi connectivity index (χ2n) is 7.20. The van der Waals surface area contributed by atoms with E-state index in [9.17, 15) is 18.8 Å². The van der Waals surface area contributed by atoms with Gasteiger partial charge in [-0.1, -0.05) is 18.2 Å². The van der Waals surface area contributed by atoms with E-state index in [-0.39, 0.29) is 37.0 Å². The third-order valence-electron chi connectivity index (χ3n) is 5.16. The van der Waals surface area contributed by atoms with Crippen molar-refractivity contribution in [2.75, 3.05) is 11.9 Å². The number of benzene rings is 2. The lowest BCUT2D eigenvalue weighted by Gasteiger charge is -2.12. The van der Waals surface area contributed by atoms with E-state index in [1.165, 1.54) is 12.1 Å². The predicted molar refractivity (Wildman–Crippen MR) is 110 cm³/mol. The third-order valence-corrected chi connectivity index (χ3v) is 5.16. The number of nitrogens with zero attached hydrogens (tertiary/aromatic N) is 1. The Morgan fingerprint density at radius 3 is 2.73 bits per heavy atom. The van der Waals surface area contributed by atoms with Crippen molar-refractivity contribution in [3.63, 3.8) is 0 Å². The van der Waals surface area contributed by atoms with Gasteiger partial charge in [0.05, 0.1) is 0 Å². The molecule has 0 aliphatic carbocycles. The predicted octanol–water partition coefficient (Wildman–Crippen LogP) is 3.19. The van der Waals surface area contributed by atoms with E-state index in [1.54, 1.807) is 24.4 Å². The number of anilines is 1. The largest absolute Gasteiger partial charge is 0.361 e. The number of aromatic nitrogens is 1. The van der Waals surface area contributed by atoms with Gasteiger partial charge in [-0.05, 0) is 48.7 Å². The number of halogens is 1. The van der Waals surface area contributed by atoms with Crippen LogP contribution in [0.25, 0.3) is 10.9 Å². The quantitative estimate of drug-likeness (QED) is 0.524. The van der Waals surface area contributed by atoms with E-state index in [2.05, 4.69) is 15.6 Å². The van der Waals surface area contributed by atoms with Gasteiger partial charge in [-0.2, -0.15) is 0 Å². The van der Waals surface area contributed by atoms with Crippen molar-refractivity contribution < 1.29 is 18.8 Å². The summed E-state index contributed by atoms with van der Waals surface area (Å²) in [6.45, 7) is 0.181. The minimum Gasteiger partial charge on any atom is -0.361 e. The SMILES string of the molecule is O=C(CCC1NC(=O)N(CCc2c[nH]c3ccc(F)cc23)C1=O)Nc1ccccc1. The summed E-state index contributed by atoms with van der Waals surface area (Å²) < 4.78 is 13.5. The highest BCUT2D eigenvalue weighted by molar-refractivity contribution is 6.04. The number of nitrogens with one attached hydrogen (secondary N) is 3. The van der Waals surface area contributed by atoms with E-state index in [4.69, 9.17) is 0 Å². The first-order valence-electron chi connectivity index (χ1n) is 9.73. The number of imide groups is 1. The summed E-state index contributed by atoms with van der Waals surface area (Å²) in [4.78, 5) is 41.1. The smallest absolute Gasteiger partial charge is 0.324 e. The maximum Gasteiger partial charge on any atom is 0.324 e. The Hall–Kier alpha value is -3.68. The fourth-order valence-electron chi connectivity index (χ4n) is 3.59. The van der Waals surface area contributed by atoms with Crippen molar-refractivity contribution >= 4 is 34.4 Å². The average Bonchev–Trinajstić information content (AvgIpc) is 3.25. The molecule has 0 saturated carbocycles. The number of para-hydroxylation sites is 1. The highest BCUT2D eigenvalue weighted by Gasteiger charge is 2.37. The molecule has 3 aromatic rings. The van der Waals surface area contributed by atoms with Crippen molar-refractivity contribution in [2.24, 2.45) is 0 Å². The van der Waals surface area contributed by atoms with E-state index < -0.39 is 12.1 Å². The summed E-state index contributed by atoms with van der Waals surface area (Å²) in [5.74, 6) is -0.909. The van der Waals surface area contributed by atoms with Gasteiger partial charge in [-0.15, -0.1) is 0 Å². The number of hydrogen-bond acceptors (Lipinski definition) is 3. The lowest BCUT2D eigenvalue weighted by atomic mass is 10.1. The first kappa shape index (κ1) is 19.6. The maximum absolute atomic E-state index is 13.5. The highest BCUT2D eigenvalue weighted by atomic mass is 19.1. The molecule has 0 radical (unpaired) electrons. The minimum atomic E-state index is -0.723. The van der Waals surface area contributed by atoms with E-state index in [1.807, 2.05) is 18.2 Å². The zero-order valence-corrected chi connectivity index (χ0v) is 16.2. The standard InChI is InChI=1S/C22H21FN4O3/c23-15-6-7-18-17(12-15)14(13-24-18)10-11-27-21(29)19(26-22(27)30)8-9-20(28)25-16-4-2-1-3-5-16/h1-7,12-13,19,24H,8-11H2,(H,25,28)(H,26,30). The van der Waals surface area contributed by atoms with Gasteiger partial charge in [0, 0.05) is 35.8 Å². The molecule has 2 heterocycles. The van der Waals surface area contributed by atoms with Crippen LogP contribution in [0.1, 0.15) is 18.4 Å². The van der Waals surface area contributed by atoms with Gasteiger partial charge in [-0.25, -0.2) is 9.18 Å². The monoisotopic (exact) mass is 408 g/mol. The number of rotatable bonds is 7. The Morgan fingerprint density at radius 2 is 1.93 bits per heavy atom. The Kier molecular flexibility index (Phi) is 5.47. The molecule has 8 heteroatoms. The Morgan fingerprint density at radius 1 is 1.13 bits per heavy atom. The number of hydrogen-bond donors (Lipinski definition) is 3. The number of H-pyrrole nitrogens is 1. The first-order valence-corrected chi connectivity index (χ1v) is 9.73. The Labute approximate surface area is 172 Å². The van der Waals surface area contributed by atoms with Gasteiger partial charge in [0.15, 0.2) is 0 Å². The first-order chi connectivity index (χ1) is 14.5. The van der Waals surface area contributed by atoms with Crippen molar-refractivity contribution in [1.82, 2.24) is 15.2 Å². The molecule has 30 heavy (non-hydrogen) atoms. The molecule has 1 aliphatic heterocycles. The normalized spacial score (nSPS) is 16.2. The third kappa shape index (κ3) is 4.17. The minimum absolute atomic E-state index is 0.112. The fourth-order valence-corrected chi connectivity index (χ4v) is 3.59. The van der Waals surface area contributed by atoms with Crippen molar-refractivity contribution in [3.8, 4) is 0 Å². The van der Waals surface area contributed by atoms with Crippen LogP contribution in [0.5, 0.6) is 0 Å². The zero-order valence-electron chi connectivity index (χ0n) is 16.2. The molecule has 4 rings (SSSR count). The van der Waals surface area contributed by atoms with Crippen LogP contribution in [0.4, 0.5) is 14.9 Å². The average molecular weight is 408 g/mol. The van der Waals surface area contributed by atoms with Crippen LogP contribution in [0.15, 0.2) is 54.7 Å². The molecule has 1 unspecified atom stereocenters. The molecular weight excluding hydrogens is 387 g/mol. The van der Waals surface area contributed by atoms with Crippen LogP contribution in [0, 0.1) is 5.82 Å². The number of carbonyl (C=O) groups excluding carboxylic acids is 3. The second kappa shape index (κ2) is 8.36. The van der Waals surface area contributed by atoms with Gasteiger partial charge in [0.1, 0.15) is 11.9 Å². The summed E-state index contributed by atoms with van der Waals surface area (Å²) in [5, 5.41) is 6.13. The molecule has 3 N–H and O–H groups in total. The molecule has 7 nitrogen and oxygen atoms in total. The van der Waals surface area contributed by atoms with Crippen LogP contribution in [0.3, 0.4) is 0 Å². The van der Waals surface area contributed by atoms with Crippen molar-refractivity contribution in [2.45, 2.75) is 25.3 Å². The number of fused-ring (bicyclic) bond motifs is 1. The lowest BCUT2D eigenvalue weighted by molar-refractivity contribution is -0.127. The molecule has 0 bridgehead atoms. The van der Waals surface area contributed by atoms with Gasteiger partial charge in [0.25, 0.3) is 5.91 Å². The fraction of sp³-hybridized carbons (Fsp3) is 0.227. The topological polar surface area (TPSA) is 94.3 Å². The number of aromatic amines is 1. The molecule has 1 aromatic heterocycles. The lowest BCUT2D eigenvalue weighted by Crippen LogP contribution is -2.33. The summed E-state index contributed by atoms with van der Waals surface area (Å²) in [7, 11) is 0. The summed E-state index contributed by atoms with van der Waals surface area (Å²) in [6, 6.07) is 12.3. The van der Waals surface area contributed by atoms with Gasteiger partial charge >= 0.3 is 6.03 Å². The van der Waals surface area contributed by atoms with Crippen LogP contribution in [-0.2, 0) is 16.0 Å². The summed E-state index contributed by atoms with van der Waals surface area (Å²) in [6.07, 6.45) is 2.50. The van der Waals surface area contributed by atoms with Crippen LogP contribution < -0.4 is 10.6 Å². The zero-order chi connectivity index (χ0) is 21.1. The van der Waals surface area contributed by atoms with Gasteiger partial charge in [0.2, 0.25) is 5.91 Å². The van der Waals surface area contributed by atoms with Crippen LogP contribution >= 0.6 is 0 Å². The summed E-state index contributed by atoms with van der Waals surface area (Å²) in [5.41, 5.74) is 2.31. The van der Waals surface area contributed by atoms with Gasteiger partial charge < -0.3 is 15.6 Å². The van der Waals surface area contributed by atoms with Crippen LogP contribution in [0.2, 0.25) is 0 Å². The van der Waals surface area contributed by atoms with E-state index in [0.29, 0.717) is 12.1 Å². The molecule has 154 valence electrons. The molecular formula is C22H21FN4O3. The molecule has 4 amide bonds. The maximum atomic E-state index is 13.5. The molecule has 0 spiro atoms. The molecule has 1 fully saturated rings. The van der Waals surface area contributed by atoms with Gasteiger partial charge in [-0.3, -0.25) is 14.5 Å². The van der Waals surface area contributed by atoms with E-state index in [0.717, 1.165) is 21.4 Å².